The molecule has 1 aliphatic carbocycles. The van der Waals surface area contributed by atoms with Gasteiger partial charge in [-0.15, -0.1) is 0 Å². The maximum absolute atomic E-state index is 12.5. The number of urea groups is 1. The summed E-state index contributed by atoms with van der Waals surface area (Å²) in [7, 11) is 0. The summed E-state index contributed by atoms with van der Waals surface area (Å²) >= 11 is 11.7. The summed E-state index contributed by atoms with van der Waals surface area (Å²) in [5, 5.41) is 6.02. The summed E-state index contributed by atoms with van der Waals surface area (Å²) < 4.78 is 0. The van der Waals surface area contributed by atoms with Gasteiger partial charge in [-0.2, -0.15) is 0 Å². The van der Waals surface area contributed by atoms with Gasteiger partial charge in [-0.1, -0.05) is 36.0 Å². The SMILES string of the molecule is O=C(CN1C(=O)NC2(CCCC2)C1=O)Nc1ccc(Cl)c(Cl)c1. The number of carbonyl (C=O) groups excluding carboxylic acids is 3. The summed E-state index contributed by atoms with van der Waals surface area (Å²) in [6.45, 7) is -0.327. The van der Waals surface area contributed by atoms with Gasteiger partial charge in [-0.3, -0.25) is 14.5 Å². The van der Waals surface area contributed by atoms with Crippen LogP contribution in [0.2, 0.25) is 10.0 Å². The largest absolute Gasteiger partial charge is 0.325 e. The fourth-order valence-corrected chi connectivity index (χ4v) is 3.35. The molecule has 0 atom stereocenters. The molecule has 4 amide bonds. The molecule has 1 aliphatic heterocycles. The van der Waals surface area contributed by atoms with Crippen LogP contribution in [0.3, 0.4) is 0 Å². The third kappa shape index (κ3) is 3.01. The topological polar surface area (TPSA) is 78.5 Å². The summed E-state index contributed by atoms with van der Waals surface area (Å²) in [6.07, 6.45) is 3.05. The Morgan fingerprint density at radius 1 is 1.22 bits per heavy atom. The highest BCUT2D eigenvalue weighted by Gasteiger charge is 2.52. The second-order valence-corrected chi connectivity index (χ2v) is 6.60. The van der Waals surface area contributed by atoms with E-state index in [1.54, 1.807) is 12.1 Å². The third-order valence-electron chi connectivity index (χ3n) is 4.21. The third-order valence-corrected chi connectivity index (χ3v) is 4.95. The first-order chi connectivity index (χ1) is 10.9. The van der Waals surface area contributed by atoms with Gasteiger partial charge in [0.15, 0.2) is 0 Å². The molecule has 2 fully saturated rings. The van der Waals surface area contributed by atoms with Gasteiger partial charge in [0.2, 0.25) is 5.91 Å². The molecule has 1 saturated carbocycles. The number of rotatable bonds is 3. The highest BCUT2D eigenvalue weighted by molar-refractivity contribution is 6.42. The number of hydrogen-bond acceptors (Lipinski definition) is 3. The molecular weight excluding hydrogens is 341 g/mol. The maximum Gasteiger partial charge on any atom is 0.325 e. The Morgan fingerprint density at radius 3 is 2.57 bits per heavy atom. The molecule has 122 valence electrons. The van der Waals surface area contributed by atoms with Crippen LogP contribution in [0.25, 0.3) is 0 Å². The Hall–Kier alpha value is -1.79. The predicted molar refractivity (Wildman–Crippen MR) is 86.5 cm³/mol. The molecule has 1 heterocycles. The first-order valence-electron chi connectivity index (χ1n) is 7.30. The second kappa shape index (κ2) is 6.02. The maximum atomic E-state index is 12.5. The summed E-state index contributed by atoms with van der Waals surface area (Å²) in [6, 6.07) is 4.14. The van der Waals surface area contributed by atoms with Crippen LogP contribution in [0.4, 0.5) is 10.5 Å². The van der Waals surface area contributed by atoms with E-state index >= 15 is 0 Å². The number of nitrogens with one attached hydrogen (secondary N) is 2. The molecule has 0 bridgehead atoms. The van der Waals surface area contributed by atoms with Gasteiger partial charge in [0.05, 0.1) is 10.0 Å². The van der Waals surface area contributed by atoms with Crippen molar-refractivity contribution in [1.29, 1.82) is 0 Å². The highest BCUT2D eigenvalue weighted by Crippen LogP contribution is 2.35. The Morgan fingerprint density at radius 2 is 1.91 bits per heavy atom. The van der Waals surface area contributed by atoms with Crippen LogP contribution in [-0.2, 0) is 9.59 Å². The first kappa shape index (κ1) is 16.1. The molecule has 1 aromatic rings. The van der Waals surface area contributed by atoms with Gasteiger partial charge < -0.3 is 10.6 Å². The van der Waals surface area contributed by atoms with Crippen LogP contribution in [0.1, 0.15) is 25.7 Å². The van der Waals surface area contributed by atoms with Crippen molar-refractivity contribution in [3.63, 3.8) is 0 Å². The monoisotopic (exact) mass is 355 g/mol. The van der Waals surface area contributed by atoms with Gasteiger partial charge in [0.1, 0.15) is 12.1 Å². The highest BCUT2D eigenvalue weighted by atomic mass is 35.5. The number of anilines is 1. The quantitative estimate of drug-likeness (QED) is 0.818. The van der Waals surface area contributed by atoms with Crippen molar-refractivity contribution >= 4 is 46.7 Å². The zero-order valence-electron chi connectivity index (χ0n) is 12.2. The standard InChI is InChI=1S/C15H15Cl2N3O3/c16-10-4-3-9(7-11(10)17)18-12(21)8-20-13(22)15(19-14(20)23)5-1-2-6-15/h3-4,7H,1-2,5-6,8H2,(H,18,21)(H,19,23). The van der Waals surface area contributed by atoms with E-state index in [0.717, 1.165) is 17.7 Å². The summed E-state index contributed by atoms with van der Waals surface area (Å²) in [5.74, 6) is -0.786. The van der Waals surface area contributed by atoms with Gasteiger partial charge in [0.25, 0.3) is 5.91 Å². The van der Waals surface area contributed by atoms with Crippen molar-refractivity contribution < 1.29 is 14.4 Å². The fraction of sp³-hybridized carbons (Fsp3) is 0.400. The van der Waals surface area contributed by atoms with E-state index < -0.39 is 17.5 Å². The molecule has 1 saturated heterocycles. The van der Waals surface area contributed by atoms with Crippen molar-refractivity contribution in [2.75, 3.05) is 11.9 Å². The smallest absolute Gasteiger partial charge is 0.324 e. The van der Waals surface area contributed by atoms with Crippen molar-refractivity contribution in [3.8, 4) is 0 Å². The lowest BCUT2D eigenvalue weighted by molar-refractivity contribution is -0.133. The molecule has 0 aromatic heterocycles. The predicted octanol–water partition coefficient (Wildman–Crippen LogP) is 2.80. The molecule has 2 aliphatic rings. The van der Waals surface area contributed by atoms with Gasteiger partial charge in [-0.25, -0.2) is 4.79 Å². The molecule has 3 rings (SSSR count). The lowest BCUT2D eigenvalue weighted by Gasteiger charge is -2.19. The van der Waals surface area contributed by atoms with Crippen LogP contribution in [-0.4, -0.2) is 34.8 Å². The lowest BCUT2D eigenvalue weighted by Crippen LogP contribution is -2.44. The van der Waals surface area contributed by atoms with Crippen molar-refractivity contribution in [1.82, 2.24) is 10.2 Å². The molecule has 0 unspecified atom stereocenters. The minimum atomic E-state index is -0.805. The number of nitrogens with zero attached hydrogens (tertiary/aromatic N) is 1. The summed E-state index contributed by atoms with van der Waals surface area (Å²) in [4.78, 5) is 37.5. The molecule has 2 N–H and O–H groups in total. The number of imide groups is 1. The van der Waals surface area contributed by atoms with Crippen LogP contribution in [0.5, 0.6) is 0 Å². The van der Waals surface area contributed by atoms with Gasteiger partial charge in [0, 0.05) is 5.69 Å². The first-order valence-corrected chi connectivity index (χ1v) is 8.06. The molecule has 8 heteroatoms. The zero-order chi connectivity index (χ0) is 16.6. The normalized spacial score (nSPS) is 19.3. The number of amides is 4. The number of benzene rings is 1. The number of halogens is 2. The number of hydrogen-bond donors (Lipinski definition) is 2. The molecule has 23 heavy (non-hydrogen) atoms. The van der Waals surface area contributed by atoms with E-state index in [2.05, 4.69) is 10.6 Å². The van der Waals surface area contributed by atoms with E-state index in [1.807, 2.05) is 0 Å². The van der Waals surface area contributed by atoms with E-state index in [0.29, 0.717) is 28.6 Å². The Kier molecular flexibility index (Phi) is 4.21. The van der Waals surface area contributed by atoms with E-state index in [9.17, 15) is 14.4 Å². The van der Waals surface area contributed by atoms with Crippen LogP contribution < -0.4 is 10.6 Å². The Labute approximate surface area is 143 Å². The summed E-state index contributed by atoms with van der Waals surface area (Å²) in [5.41, 5.74) is -0.354. The molecule has 6 nitrogen and oxygen atoms in total. The van der Waals surface area contributed by atoms with Gasteiger partial charge >= 0.3 is 6.03 Å². The minimum absolute atomic E-state index is 0.310. The van der Waals surface area contributed by atoms with Crippen LogP contribution in [0, 0.1) is 0 Å². The molecular formula is C15H15Cl2N3O3. The Bertz CT molecular complexity index is 687. The van der Waals surface area contributed by atoms with Crippen LogP contribution >= 0.6 is 23.2 Å². The van der Waals surface area contributed by atoms with E-state index in [-0.39, 0.29) is 12.5 Å². The minimum Gasteiger partial charge on any atom is -0.324 e. The van der Waals surface area contributed by atoms with Crippen molar-refractivity contribution in [2.24, 2.45) is 0 Å². The zero-order valence-corrected chi connectivity index (χ0v) is 13.7. The van der Waals surface area contributed by atoms with E-state index in [4.69, 9.17) is 23.2 Å². The van der Waals surface area contributed by atoms with E-state index in [1.165, 1.54) is 6.07 Å². The molecule has 1 spiro atoms. The fourth-order valence-electron chi connectivity index (χ4n) is 3.06. The van der Waals surface area contributed by atoms with Crippen LogP contribution in [0.15, 0.2) is 18.2 Å². The second-order valence-electron chi connectivity index (χ2n) is 5.79. The average Bonchev–Trinajstić information content (AvgIpc) is 3.05. The Balaban J connectivity index is 1.66. The van der Waals surface area contributed by atoms with Crippen molar-refractivity contribution in [2.45, 2.75) is 31.2 Å². The van der Waals surface area contributed by atoms with Gasteiger partial charge in [-0.05, 0) is 31.0 Å². The molecule has 0 radical (unpaired) electrons. The molecule has 1 aromatic carbocycles. The van der Waals surface area contributed by atoms with Crippen molar-refractivity contribution in [3.05, 3.63) is 28.2 Å². The lowest BCUT2D eigenvalue weighted by atomic mass is 9.98. The average molecular weight is 356 g/mol. The number of carbonyl (C=O) groups is 3.